The number of rotatable bonds is 3. The Labute approximate surface area is 170 Å². The molecule has 2 heterocycles. The van der Waals surface area contributed by atoms with E-state index in [0.29, 0.717) is 14.9 Å². The molecule has 6 nitrogen and oxygen atoms in total. The number of benzene rings is 2. The third kappa shape index (κ3) is 2.90. The number of amides is 1. The Hall–Kier alpha value is -2.97. The minimum atomic E-state index is -0.475. The first-order valence-electron chi connectivity index (χ1n) is 8.45. The van der Waals surface area contributed by atoms with Crippen molar-refractivity contribution in [1.82, 2.24) is 4.57 Å². The Morgan fingerprint density at radius 2 is 1.82 bits per heavy atom. The van der Waals surface area contributed by atoms with Crippen LogP contribution in [0.4, 0.5) is 11.4 Å². The number of para-hydroxylation sites is 1. The summed E-state index contributed by atoms with van der Waals surface area (Å²) in [5.74, 6) is -0.226. The Morgan fingerprint density at radius 1 is 1.14 bits per heavy atom. The SMILES string of the molecule is Cc1c(/C=C2/SC(=S)N(c3ccc([N+](=O)[O-])cc3)C2=O)c2ccccc2n1C. The standard InChI is InChI=1S/C20H15N3O3S2/c1-12-16(15-5-3-4-6-17(15)21(12)2)11-18-19(24)22(20(27)28-18)13-7-9-14(10-8-13)23(25)26/h3-11H,1-2H3/b18-11+. The summed E-state index contributed by atoms with van der Waals surface area (Å²) >= 11 is 6.63. The van der Waals surface area contributed by atoms with E-state index >= 15 is 0 Å². The van der Waals surface area contributed by atoms with Crippen LogP contribution in [0.15, 0.2) is 53.4 Å². The monoisotopic (exact) mass is 409 g/mol. The van der Waals surface area contributed by atoms with E-state index in [1.807, 2.05) is 44.3 Å². The van der Waals surface area contributed by atoms with Crippen molar-refractivity contribution in [2.24, 2.45) is 7.05 Å². The number of thiocarbonyl (C=S) groups is 1. The summed E-state index contributed by atoms with van der Waals surface area (Å²) in [4.78, 5) is 25.3. The van der Waals surface area contributed by atoms with Gasteiger partial charge in [0.1, 0.15) is 0 Å². The van der Waals surface area contributed by atoms with Crippen molar-refractivity contribution < 1.29 is 9.72 Å². The first-order chi connectivity index (χ1) is 13.4. The summed E-state index contributed by atoms with van der Waals surface area (Å²) in [6, 6.07) is 13.8. The summed E-state index contributed by atoms with van der Waals surface area (Å²) < 4.78 is 2.50. The van der Waals surface area contributed by atoms with E-state index in [2.05, 4.69) is 4.57 Å². The molecule has 0 spiro atoms. The molecular weight excluding hydrogens is 394 g/mol. The molecule has 1 fully saturated rings. The summed E-state index contributed by atoms with van der Waals surface area (Å²) in [5, 5.41) is 11.9. The number of carbonyl (C=O) groups excluding carboxylic acids is 1. The van der Waals surface area contributed by atoms with E-state index in [4.69, 9.17) is 12.2 Å². The van der Waals surface area contributed by atoms with E-state index in [-0.39, 0.29) is 11.6 Å². The van der Waals surface area contributed by atoms with Crippen molar-refractivity contribution in [2.45, 2.75) is 6.92 Å². The van der Waals surface area contributed by atoms with Gasteiger partial charge in [0.05, 0.1) is 15.5 Å². The molecule has 1 saturated heterocycles. The number of nitro benzene ring substituents is 1. The van der Waals surface area contributed by atoms with Crippen molar-refractivity contribution >= 4 is 62.6 Å². The lowest BCUT2D eigenvalue weighted by Crippen LogP contribution is -2.27. The van der Waals surface area contributed by atoms with E-state index in [0.717, 1.165) is 22.2 Å². The summed E-state index contributed by atoms with van der Waals surface area (Å²) in [6.45, 7) is 2.02. The van der Waals surface area contributed by atoms with Crippen LogP contribution in [0.3, 0.4) is 0 Å². The molecule has 8 heteroatoms. The molecular formula is C20H15N3O3S2. The largest absolute Gasteiger partial charge is 0.347 e. The molecule has 3 aromatic rings. The molecule has 0 unspecified atom stereocenters. The Kier molecular flexibility index (Phi) is 4.52. The van der Waals surface area contributed by atoms with Crippen molar-refractivity contribution in [3.8, 4) is 0 Å². The second-order valence-corrected chi connectivity index (χ2v) is 8.04. The van der Waals surface area contributed by atoms with Crippen LogP contribution in [0.2, 0.25) is 0 Å². The van der Waals surface area contributed by atoms with Crippen LogP contribution >= 0.6 is 24.0 Å². The summed E-state index contributed by atoms with van der Waals surface area (Å²) in [6.07, 6.45) is 1.88. The smallest absolute Gasteiger partial charge is 0.270 e. The number of non-ortho nitro benzene ring substituents is 1. The molecule has 0 saturated carbocycles. The van der Waals surface area contributed by atoms with Crippen LogP contribution in [0, 0.1) is 17.0 Å². The fourth-order valence-corrected chi connectivity index (χ4v) is 4.56. The fraction of sp³-hybridized carbons (Fsp3) is 0.100. The summed E-state index contributed by atoms with van der Waals surface area (Å²) in [5.41, 5.74) is 3.63. The number of fused-ring (bicyclic) bond motifs is 1. The van der Waals surface area contributed by atoms with Crippen LogP contribution < -0.4 is 4.90 Å². The quantitative estimate of drug-likeness (QED) is 0.269. The van der Waals surface area contributed by atoms with Crippen LogP contribution in [-0.2, 0) is 11.8 Å². The van der Waals surface area contributed by atoms with Gasteiger partial charge in [0.25, 0.3) is 11.6 Å². The minimum Gasteiger partial charge on any atom is -0.347 e. The van der Waals surface area contributed by atoms with Crippen LogP contribution in [0.5, 0.6) is 0 Å². The number of thioether (sulfide) groups is 1. The highest BCUT2D eigenvalue weighted by Crippen LogP contribution is 2.38. The minimum absolute atomic E-state index is 0.0314. The lowest BCUT2D eigenvalue weighted by atomic mass is 10.1. The average molecular weight is 409 g/mol. The molecule has 28 heavy (non-hydrogen) atoms. The molecule has 0 aliphatic carbocycles. The van der Waals surface area contributed by atoms with Crippen molar-refractivity contribution in [2.75, 3.05) is 4.90 Å². The summed E-state index contributed by atoms with van der Waals surface area (Å²) in [7, 11) is 2.00. The number of anilines is 1. The van der Waals surface area contributed by atoms with Crippen molar-refractivity contribution in [3.05, 3.63) is 74.8 Å². The average Bonchev–Trinajstić information content (AvgIpc) is 3.10. The normalized spacial score (nSPS) is 15.8. The first-order valence-corrected chi connectivity index (χ1v) is 9.67. The van der Waals surface area contributed by atoms with Crippen molar-refractivity contribution in [1.29, 1.82) is 0 Å². The molecule has 1 aromatic heterocycles. The third-order valence-electron chi connectivity index (χ3n) is 4.84. The van der Waals surface area contributed by atoms with Gasteiger partial charge in [0.15, 0.2) is 4.32 Å². The second kappa shape index (κ2) is 6.88. The number of aromatic nitrogens is 1. The maximum Gasteiger partial charge on any atom is 0.270 e. The maximum atomic E-state index is 13.0. The predicted octanol–water partition coefficient (Wildman–Crippen LogP) is 4.80. The van der Waals surface area contributed by atoms with Gasteiger partial charge in [-0.3, -0.25) is 19.8 Å². The van der Waals surface area contributed by atoms with Gasteiger partial charge in [-0.05, 0) is 31.2 Å². The van der Waals surface area contributed by atoms with E-state index in [9.17, 15) is 14.9 Å². The molecule has 1 aliphatic rings. The van der Waals surface area contributed by atoms with E-state index in [1.54, 1.807) is 0 Å². The number of carbonyl (C=O) groups is 1. The maximum absolute atomic E-state index is 13.0. The van der Waals surface area contributed by atoms with Gasteiger partial charge in [-0.2, -0.15) is 0 Å². The number of aryl methyl sites for hydroxylation is 1. The molecule has 140 valence electrons. The third-order valence-corrected chi connectivity index (χ3v) is 6.14. The Balaban J connectivity index is 1.74. The Bertz CT molecular complexity index is 1180. The predicted molar refractivity (Wildman–Crippen MR) is 116 cm³/mol. The zero-order valence-electron chi connectivity index (χ0n) is 15.1. The number of hydrogen-bond acceptors (Lipinski definition) is 5. The highest BCUT2D eigenvalue weighted by atomic mass is 32.2. The van der Waals surface area contributed by atoms with Gasteiger partial charge in [0, 0.05) is 41.3 Å². The zero-order valence-corrected chi connectivity index (χ0v) is 16.7. The molecule has 2 aromatic carbocycles. The van der Waals surface area contributed by atoms with Crippen LogP contribution in [0.25, 0.3) is 17.0 Å². The van der Waals surface area contributed by atoms with Gasteiger partial charge < -0.3 is 4.57 Å². The Morgan fingerprint density at radius 3 is 2.50 bits per heavy atom. The highest BCUT2D eigenvalue weighted by molar-refractivity contribution is 8.27. The number of nitrogens with zero attached hydrogens (tertiary/aromatic N) is 3. The number of nitro groups is 1. The molecule has 0 radical (unpaired) electrons. The zero-order chi connectivity index (χ0) is 20.0. The van der Waals surface area contributed by atoms with Gasteiger partial charge in [0.2, 0.25) is 0 Å². The number of hydrogen-bond donors (Lipinski definition) is 0. The molecule has 0 atom stereocenters. The highest BCUT2D eigenvalue weighted by Gasteiger charge is 2.34. The lowest BCUT2D eigenvalue weighted by Gasteiger charge is -2.13. The second-order valence-electron chi connectivity index (χ2n) is 6.37. The van der Waals surface area contributed by atoms with Gasteiger partial charge in [-0.1, -0.05) is 42.2 Å². The van der Waals surface area contributed by atoms with E-state index < -0.39 is 4.92 Å². The van der Waals surface area contributed by atoms with E-state index in [1.165, 1.54) is 40.9 Å². The van der Waals surface area contributed by atoms with Crippen molar-refractivity contribution in [3.63, 3.8) is 0 Å². The lowest BCUT2D eigenvalue weighted by molar-refractivity contribution is -0.384. The first kappa shape index (κ1) is 18.4. The molecule has 1 amide bonds. The fourth-order valence-electron chi connectivity index (χ4n) is 3.28. The topological polar surface area (TPSA) is 68.4 Å². The van der Waals surface area contributed by atoms with Gasteiger partial charge >= 0.3 is 0 Å². The van der Waals surface area contributed by atoms with Gasteiger partial charge in [-0.25, -0.2) is 0 Å². The molecule has 0 bridgehead atoms. The molecule has 0 N–H and O–H groups in total. The molecule has 4 rings (SSSR count). The van der Waals surface area contributed by atoms with Crippen LogP contribution in [-0.4, -0.2) is 19.7 Å². The molecule has 1 aliphatic heterocycles. The van der Waals surface area contributed by atoms with Crippen LogP contribution in [0.1, 0.15) is 11.3 Å². The van der Waals surface area contributed by atoms with Gasteiger partial charge in [-0.15, -0.1) is 0 Å².